The van der Waals surface area contributed by atoms with Gasteiger partial charge in [-0.15, -0.1) is 0 Å². The van der Waals surface area contributed by atoms with E-state index in [1.165, 1.54) is 24.3 Å². The van der Waals surface area contributed by atoms with E-state index < -0.39 is 6.09 Å². The Balaban J connectivity index is 1.17. The van der Waals surface area contributed by atoms with Gasteiger partial charge in [-0.1, -0.05) is 54.6 Å². The number of alkyl carbamates (subject to hydrolysis) is 1. The Labute approximate surface area is 237 Å². The van der Waals surface area contributed by atoms with Crippen molar-refractivity contribution in [3.8, 4) is 22.3 Å². The van der Waals surface area contributed by atoms with Crippen LogP contribution in [0.15, 0.2) is 97.1 Å². The van der Waals surface area contributed by atoms with Crippen LogP contribution in [0.5, 0.6) is 0 Å². The fourth-order valence-electron chi connectivity index (χ4n) is 4.91. The molecule has 0 aromatic heterocycles. The Morgan fingerprint density at radius 2 is 1.37 bits per heavy atom. The topological polar surface area (TPSA) is 79.5 Å². The largest absolute Gasteiger partial charge is 0.445 e. The molecule has 1 heterocycles. The number of amides is 2. The molecule has 1 aliphatic rings. The normalized spacial score (nSPS) is 16.2. The van der Waals surface area contributed by atoms with Crippen LogP contribution in [0, 0.1) is 17.6 Å². The van der Waals surface area contributed by atoms with Gasteiger partial charge in [-0.05, 0) is 82.6 Å². The molecule has 210 valence electrons. The van der Waals surface area contributed by atoms with Crippen molar-refractivity contribution in [2.45, 2.75) is 19.1 Å². The number of nitrogens with one attached hydrogen (secondary N) is 3. The number of hydrogen-bond acceptors (Lipinski definition) is 4. The van der Waals surface area contributed by atoms with Crippen molar-refractivity contribution >= 4 is 12.0 Å². The van der Waals surface area contributed by atoms with Crippen molar-refractivity contribution in [2.75, 3.05) is 19.6 Å². The SMILES string of the molecule is O=C(NC[C@@H]1C[C@@H](CNC(=O)c2cc(-c3ccc(F)cc3)cc(-c3ccc(F)cc3)c2)CN1)OCc1ccccc1. The van der Waals surface area contributed by atoms with Crippen LogP contribution in [0.4, 0.5) is 13.6 Å². The lowest BCUT2D eigenvalue weighted by Gasteiger charge is -2.14. The Bertz CT molecular complexity index is 1410. The van der Waals surface area contributed by atoms with E-state index in [1.54, 1.807) is 36.4 Å². The minimum atomic E-state index is -0.467. The van der Waals surface area contributed by atoms with Crippen LogP contribution in [-0.4, -0.2) is 37.7 Å². The summed E-state index contributed by atoms with van der Waals surface area (Å²) in [6.07, 6.45) is 0.320. The highest BCUT2D eigenvalue weighted by Gasteiger charge is 2.25. The van der Waals surface area contributed by atoms with E-state index in [0.717, 1.165) is 34.2 Å². The zero-order valence-corrected chi connectivity index (χ0v) is 22.4. The maximum Gasteiger partial charge on any atom is 0.407 e. The molecule has 41 heavy (non-hydrogen) atoms. The second-order valence-electron chi connectivity index (χ2n) is 10.2. The maximum atomic E-state index is 13.5. The zero-order chi connectivity index (χ0) is 28.6. The molecule has 0 aliphatic carbocycles. The second kappa shape index (κ2) is 13.2. The fraction of sp³-hybridized carbons (Fsp3) is 0.212. The van der Waals surface area contributed by atoms with Crippen molar-refractivity contribution in [3.05, 3.63) is 120 Å². The first-order valence-electron chi connectivity index (χ1n) is 13.6. The molecule has 1 saturated heterocycles. The van der Waals surface area contributed by atoms with Crippen molar-refractivity contribution < 1.29 is 23.1 Å². The minimum Gasteiger partial charge on any atom is -0.445 e. The van der Waals surface area contributed by atoms with E-state index in [-0.39, 0.29) is 36.1 Å². The molecule has 1 fully saturated rings. The molecule has 2 amide bonds. The summed E-state index contributed by atoms with van der Waals surface area (Å²) in [4.78, 5) is 25.3. The third-order valence-corrected chi connectivity index (χ3v) is 7.12. The van der Waals surface area contributed by atoms with E-state index in [1.807, 2.05) is 36.4 Å². The molecule has 0 unspecified atom stereocenters. The van der Waals surface area contributed by atoms with E-state index in [9.17, 15) is 18.4 Å². The van der Waals surface area contributed by atoms with Gasteiger partial charge in [0.25, 0.3) is 5.91 Å². The van der Waals surface area contributed by atoms with E-state index in [2.05, 4.69) is 16.0 Å². The lowest BCUT2D eigenvalue weighted by molar-refractivity contribution is 0.0948. The number of halogens is 2. The fourth-order valence-corrected chi connectivity index (χ4v) is 4.91. The smallest absolute Gasteiger partial charge is 0.407 e. The highest BCUT2D eigenvalue weighted by Crippen LogP contribution is 2.29. The molecule has 3 N–H and O–H groups in total. The number of hydrogen-bond donors (Lipinski definition) is 3. The van der Waals surface area contributed by atoms with Gasteiger partial charge in [-0.3, -0.25) is 4.79 Å². The van der Waals surface area contributed by atoms with E-state index in [4.69, 9.17) is 4.74 Å². The lowest BCUT2D eigenvalue weighted by atomic mass is 9.95. The molecule has 0 bridgehead atoms. The minimum absolute atomic E-state index is 0.0769. The van der Waals surface area contributed by atoms with Crippen LogP contribution in [0.25, 0.3) is 22.3 Å². The summed E-state index contributed by atoms with van der Waals surface area (Å²) < 4.78 is 32.3. The second-order valence-corrected chi connectivity index (χ2v) is 10.2. The van der Waals surface area contributed by atoms with Gasteiger partial charge in [0.15, 0.2) is 0 Å². The lowest BCUT2D eigenvalue weighted by Crippen LogP contribution is -2.37. The van der Waals surface area contributed by atoms with Crippen LogP contribution in [0.2, 0.25) is 0 Å². The van der Waals surface area contributed by atoms with Crippen LogP contribution in [-0.2, 0) is 11.3 Å². The van der Waals surface area contributed by atoms with Gasteiger partial charge in [-0.25, -0.2) is 13.6 Å². The van der Waals surface area contributed by atoms with Crippen molar-refractivity contribution in [1.29, 1.82) is 0 Å². The number of ether oxygens (including phenoxy) is 1. The third kappa shape index (κ3) is 7.77. The molecule has 4 aromatic carbocycles. The summed E-state index contributed by atoms with van der Waals surface area (Å²) in [5, 5.41) is 9.21. The van der Waals surface area contributed by atoms with Crippen LogP contribution in [0.1, 0.15) is 22.3 Å². The Hall–Kier alpha value is -4.56. The van der Waals surface area contributed by atoms with Crippen LogP contribution < -0.4 is 16.0 Å². The van der Waals surface area contributed by atoms with Crippen molar-refractivity contribution in [2.24, 2.45) is 5.92 Å². The molecule has 5 rings (SSSR count). The maximum absolute atomic E-state index is 13.5. The Morgan fingerprint density at radius 3 is 1.98 bits per heavy atom. The van der Waals surface area contributed by atoms with Gasteiger partial charge in [-0.2, -0.15) is 0 Å². The van der Waals surface area contributed by atoms with Gasteiger partial charge in [0.05, 0.1) is 0 Å². The van der Waals surface area contributed by atoms with Gasteiger partial charge >= 0.3 is 6.09 Å². The number of carbonyl (C=O) groups is 2. The molecular formula is C33H31F2N3O3. The third-order valence-electron chi connectivity index (χ3n) is 7.12. The van der Waals surface area contributed by atoms with E-state index >= 15 is 0 Å². The van der Waals surface area contributed by atoms with Crippen LogP contribution >= 0.6 is 0 Å². The summed E-state index contributed by atoms with van der Waals surface area (Å²) >= 11 is 0. The summed E-state index contributed by atoms with van der Waals surface area (Å²) in [7, 11) is 0. The van der Waals surface area contributed by atoms with E-state index in [0.29, 0.717) is 25.2 Å². The Kier molecular flexibility index (Phi) is 9.01. The first-order chi connectivity index (χ1) is 19.9. The average molecular weight is 556 g/mol. The van der Waals surface area contributed by atoms with Gasteiger partial charge in [0.1, 0.15) is 18.2 Å². The predicted molar refractivity (Wildman–Crippen MR) is 154 cm³/mol. The first kappa shape index (κ1) is 28.0. The predicted octanol–water partition coefficient (Wildman–Crippen LogP) is 5.93. The molecule has 6 nitrogen and oxygen atoms in total. The summed E-state index contributed by atoms with van der Waals surface area (Å²) in [6.45, 7) is 1.82. The highest BCUT2D eigenvalue weighted by atomic mass is 19.1. The van der Waals surface area contributed by atoms with Crippen LogP contribution in [0.3, 0.4) is 0 Å². The number of benzene rings is 4. The van der Waals surface area contributed by atoms with Gasteiger partial charge in [0.2, 0.25) is 0 Å². The highest BCUT2D eigenvalue weighted by molar-refractivity contribution is 5.97. The quantitative estimate of drug-likeness (QED) is 0.239. The summed E-state index contributed by atoms with van der Waals surface area (Å²) in [5.74, 6) is -0.723. The average Bonchev–Trinajstić information content (AvgIpc) is 3.46. The monoisotopic (exact) mass is 555 g/mol. The molecule has 0 radical (unpaired) electrons. The molecular weight excluding hydrogens is 524 g/mol. The Morgan fingerprint density at radius 1 is 0.756 bits per heavy atom. The van der Waals surface area contributed by atoms with Crippen molar-refractivity contribution in [1.82, 2.24) is 16.0 Å². The molecule has 4 aromatic rings. The summed E-state index contributed by atoms with van der Waals surface area (Å²) in [5.41, 5.74) is 4.42. The first-order valence-corrected chi connectivity index (χ1v) is 13.6. The zero-order valence-electron chi connectivity index (χ0n) is 22.4. The molecule has 0 saturated carbocycles. The standard InChI is InChI=1S/C33H31F2N3O3/c34-29-10-6-24(7-11-29)26-15-27(25-8-12-30(35)13-9-25)17-28(16-26)32(39)37-19-23-14-31(36-18-23)20-38-33(40)41-21-22-4-2-1-3-5-22/h1-13,15-17,23,31,36H,14,18-21H2,(H,37,39)(H,38,40)/t23-,31+/m1/s1. The molecule has 2 atom stereocenters. The molecule has 0 spiro atoms. The molecule has 1 aliphatic heterocycles. The van der Waals surface area contributed by atoms with Crippen molar-refractivity contribution in [3.63, 3.8) is 0 Å². The summed E-state index contributed by atoms with van der Waals surface area (Å²) in [6, 6.07) is 27.2. The van der Waals surface area contributed by atoms with Gasteiger partial charge < -0.3 is 20.7 Å². The number of carbonyl (C=O) groups excluding carboxylic acids is 2. The molecule has 8 heteroatoms. The van der Waals surface area contributed by atoms with Gasteiger partial charge in [0, 0.05) is 31.2 Å². The number of rotatable bonds is 9.